The number of aromatic nitrogens is 2. The van der Waals surface area contributed by atoms with Gasteiger partial charge in [-0.1, -0.05) is 32.9 Å². The maximum atomic E-state index is 5.83. The first-order valence-electron chi connectivity index (χ1n) is 6.61. The second-order valence-corrected chi connectivity index (χ2v) is 6.30. The van der Waals surface area contributed by atoms with Crippen molar-refractivity contribution in [3.8, 4) is 11.3 Å². The van der Waals surface area contributed by atoms with Crippen molar-refractivity contribution < 1.29 is 0 Å². The number of imidazole rings is 1. The summed E-state index contributed by atoms with van der Waals surface area (Å²) in [5, 5.41) is 0. The van der Waals surface area contributed by atoms with Crippen molar-refractivity contribution in [1.82, 2.24) is 9.55 Å². The molecule has 3 nitrogen and oxygen atoms in total. The normalized spacial score (nSPS) is 11.9. The van der Waals surface area contributed by atoms with Crippen LogP contribution < -0.4 is 5.73 Å². The quantitative estimate of drug-likeness (QED) is 0.848. The lowest BCUT2D eigenvalue weighted by Gasteiger charge is -2.22. The van der Waals surface area contributed by atoms with E-state index in [2.05, 4.69) is 51.7 Å². The van der Waals surface area contributed by atoms with Gasteiger partial charge in [-0.3, -0.25) is 0 Å². The fraction of sp³-hybridized carbons (Fsp3) is 0.438. The number of anilines is 1. The molecule has 0 saturated heterocycles. The van der Waals surface area contributed by atoms with E-state index in [0.29, 0.717) is 5.95 Å². The van der Waals surface area contributed by atoms with Crippen molar-refractivity contribution in [3.05, 3.63) is 35.0 Å². The van der Waals surface area contributed by atoms with Gasteiger partial charge in [-0.05, 0) is 36.0 Å². The number of nitrogen functional groups attached to an aromatic ring is 1. The first-order valence-corrected chi connectivity index (χ1v) is 6.61. The Morgan fingerprint density at radius 3 is 2.00 bits per heavy atom. The number of hydrogen-bond donors (Lipinski definition) is 1. The number of hydrogen-bond acceptors (Lipinski definition) is 2. The van der Waals surface area contributed by atoms with Gasteiger partial charge < -0.3 is 10.3 Å². The Labute approximate surface area is 115 Å². The van der Waals surface area contributed by atoms with Crippen molar-refractivity contribution in [2.45, 2.75) is 40.0 Å². The highest BCUT2D eigenvalue weighted by Gasteiger charge is 2.18. The average Bonchev–Trinajstić information content (AvgIpc) is 2.59. The molecule has 2 N–H and O–H groups in total. The molecule has 0 aliphatic heterocycles. The standard InChI is InChI=1S/C16H23N3/c1-10-7-12(16(3,4)5)8-11(2)14(10)13-9-18-15(17)19(13)6/h7-9H,1-6H3,(H2,17,18). The summed E-state index contributed by atoms with van der Waals surface area (Å²) >= 11 is 0. The monoisotopic (exact) mass is 257 g/mol. The van der Waals surface area contributed by atoms with Gasteiger partial charge in [0.25, 0.3) is 0 Å². The van der Waals surface area contributed by atoms with Crippen molar-refractivity contribution in [2.75, 3.05) is 5.73 Å². The molecule has 3 heteroatoms. The lowest BCUT2D eigenvalue weighted by Crippen LogP contribution is -2.12. The molecule has 2 aromatic rings. The molecule has 0 unspecified atom stereocenters. The Morgan fingerprint density at radius 1 is 1.11 bits per heavy atom. The number of benzene rings is 1. The Morgan fingerprint density at radius 2 is 1.63 bits per heavy atom. The lowest BCUT2D eigenvalue weighted by atomic mass is 9.83. The van der Waals surface area contributed by atoms with Crippen molar-refractivity contribution in [1.29, 1.82) is 0 Å². The van der Waals surface area contributed by atoms with Gasteiger partial charge in [-0.15, -0.1) is 0 Å². The Balaban J connectivity index is 2.64. The molecular formula is C16H23N3. The van der Waals surface area contributed by atoms with Crippen LogP contribution in [-0.2, 0) is 12.5 Å². The molecule has 2 rings (SSSR count). The highest BCUT2D eigenvalue weighted by Crippen LogP contribution is 2.32. The molecule has 0 aliphatic rings. The fourth-order valence-corrected chi connectivity index (χ4v) is 2.46. The van der Waals surface area contributed by atoms with E-state index in [1.165, 1.54) is 22.3 Å². The maximum Gasteiger partial charge on any atom is 0.200 e. The summed E-state index contributed by atoms with van der Waals surface area (Å²) < 4.78 is 1.94. The van der Waals surface area contributed by atoms with Gasteiger partial charge in [0.1, 0.15) is 0 Å². The van der Waals surface area contributed by atoms with E-state index in [9.17, 15) is 0 Å². The third kappa shape index (κ3) is 2.37. The predicted molar refractivity (Wildman–Crippen MR) is 81.2 cm³/mol. The third-order valence-electron chi connectivity index (χ3n) is 3.68. The minimum absolute atomic E-state index is 0.166. The summed E-state index contributed by atoms with van der Waals surface area (Å²) in [6, 6.07) is 4.54. The molecule has 0 saturated carbocycles. The summed E-state index contributed by atoms with van der Waals surface area (Å²) in [6.07, 6.45) is 1.85. The highest BCUT2D eigenvalue weighted by molar-refractivity contribution is 5.69. The summed E-state index contributed by atoms with van der Waals surface area (Å²) in [6.45, 7) is 11.0. The van der Waals surface area contributed by atoms with Crippen molar-refractivity contribution in [2.24, 2.45) is 7.05 Å². The maximum absolute atomic E-state index is 5.83. The van der Waals surface area contributed by atoms with Gasteiger partial charge in [0.05, 0.1) is 11.9 Å². The zero-order chi connectivity index (χ0) is 14.4. The van der Waals surface area contributed by atoms with E-state index in [-0.39, 0.29) is 5.41 Å². The van der Waals surface area contributed by atoms with Crippen molar-refractivity contribution >= 4 is 5.95 Å². The smallest absolute Gasteiger partial charge is 0.200 e. The molecular weight excluding hydrogens is 234 g/mol. The molecule has 102 valence electrons. The molecule has 1 heterocycles. The van der Waals surface area contributed by atoms with Crippen LogP contribution in [0.4, 0.5) is 5.95 Å². The van der Waals surface area contributed by atoms with Gasteiger partial charge in [-0.25, -0.2) is 4.98 Å². The molecule has 0 spiro atoms. The zero-order valence-corrected chi connectivity index (χ0v) is 12.7. The molecule has 0 aliphatic carbocycles. The third-order valence-corrected chi connectivity index (χ3v) is 3.68. The minimum Gasteiger partial charge on any atom is -0.369 e. The SMILES string of the molecule is Cc1cc(C(C)(C)C)cc(C)c1-c1cnc(N)n1C. The van der Waals surface area contributed by atoms with Crippen LogP contribution in [0.1, 0.15) is 37.5 Å². The summed E-state index contributed by atoms with van der Waals surface area (Å²) in [5.74, 6) is 0.550. The van der Waals surface area contributed by atoms with E-state index < -0.39 is 0 Å². The molecule has 19 heavy (non-hydrogen) atoms. The van der Waals surface area contributed by atoms with Crippen LogP contribution >= 0.6 is 0 Å². The molecule has 0 fully saturated rings. The number of nitrogens with zero attached hydrogens (tertiary/aromatic N) is 2. The van der Waals surface area contributed by atoms with Gasteiger partial charge >= 0.3 is 0 Å². The first-order chi connectivity index (χ1) is 8.71. The van der Waals surface area contributed by atoms with E-state index in [1.54, 1.807) is 0 Å². The van der Waals surface area contributed by atoms with Crippen LogP contribution in [0.2, 0.25) is 0 Å². The van der Waals surface area contributed by atoms with Gasteiger partial charge in [0.15, 0.2) is 5.95 Å². The largest absolute Gasteiger partial charge is 0.369 e. The van der Waals surface area contributed by atoms with Gasteiger partial charge in [0.2, 0.25) is 0 Å². The molecule has 1 aromatic heterocycles. The summed E-state index contributed by atoms with van der Waals surface area (Å²) in [5.41, 5.74) is 12.2. The summed E-state index contributed by atoms with van der Waals surface area (Å²) in [4.78, 5) is 4.19. The average molecular weight is 257 g/mol. The molecule has 1 aromatic carbocycles. The fourth-order valence-electron chi connectivity index (χ4n) is 2.46. The first kappa shape index (κ1) is 13.7. The van der Waals surface area contributed by atoms with Gasteiger partial charge in [-0.2, -0.15) is 0 Å². The second kappa shape index (κ2) is 4.41. The number of rotatable bonds is 1. The number of nitrogens with two attached hydrogens (primary N) is 1. The van der Waals surface area contributed by atoms with E-state index >= 15 is 0 Å². The van der Waals surface area contributed by atoms with Crippen LogP contribution in [0.25, 0.3) is 11.3 Å². The minimum atomic E-state index is 0.166. The van der Waals surface area contributed by atoms with Crippen LogP contribution in [0.15, 0.2) is 18.3 Å². The zero-order valence-electron chi connectivity index (χ0n) is 12.7. The van der Waals surface area contributed by atoms with Crippen LogP contribution in [0.3, 0.4) is 0 Å². The van der Waals surface area contributed by atoms with Crippen molar-refractivity contribution in [3.63, 3.8) is 0 Å². The van der Waals surface area contributed by atoms with Gasteiger partial charge in [0, 0.05) is 12.6 Å². The Hall–Kier alpha value is -1.77. The van der Waals surface area contributed by atoms with Crippen LogP contribution in [0, 0.1) is 13.8 Å². The lowest BCUT2D eigenvalue weighted by molar-refractivity contribution is 0.589. The van der Waals surface area contributed by atoms with E-state index in [4.69, 9.17) is 5.73 Å². The highest BCUT2D eigenvalue weighted by atomic mass is 15.1. The number of aryl methyl sites for hydroxylation is 2. The molecule has 0 radical (unpaired) electrons. The molecule has 0 atom stereocenters. The van der Waals surface area contributed by atoms with Crippen LogP contribution in [-0.4, -0.2) is 9.55 Å². The molecule has 0 bridgehead atoms. The van der Waals surface area contributed by atoms with Crippen LogP contribution in [0.5, 0.6) is 0 Å². The Kier molecular flexibility index (Phi) is 3.17. The predicted octanol–water partition coefficient (Wildman–Crippen LogP) is 3.58. The van der Waals surface area contributed by atoms with E-state index in [0.717, 1.165) is 5.69 Å². The molecule has 0 amide bonds. The second-order valence-electron chi connectivity index (χ2n) is 6.30. The summed E-state index contributed by atoms with van der Waals surface area (Å²) in [7, 11) is 1.95. The Bertz CT molecular complexity index is 592. The van der Waals surface area contributed by atoms with E-state index in [1.807, 2.05) is 17.8 Å². The topological polar surface area (TPSA) is 43.8 Å².